The Balaban J connectivity index is 2.13. The van der Waals surface area contributed by atoms with E-state index in [0.29, 0.717) is 0 Å². The Hall–Kier alpha value is -1.02. The van der Waals surface area contributed by atoms with Crippen LogP contribution in [0.1, 0.15) is 39.2 Å². The molecule has 1 aliphatic carbocycles. The quantitative estimate of drug-likeness (QED) is 0.818. The van der Waals surface area contributed by atoms with Gasteiger partial charge in [0.1, 0.15) is 0 Å². The van der Waals surface area contributed by atoms with Crippen LogP contribution in [-0.4, -0.2) is 12.1 Å². The number of nitrogens with one attached hydrogen (secondary N) is 1. The predicted molar refractivity (Wildman–Crippen MR) is 69.8 cm³/mol. The van der Waals surface area contributed by atoms with E-state index >= 15 is 0 Å². The Kier molecular flexibility index (Phi) is 2.70. The maximum absolute atomic E-state index is 6.09. The highest BCUT2D eigenvalue weighted by Crippen LogP contribution is 2.34. The van der Waals surface area contributed by atoms with Crippen LogP contribution in [0.25, 0.3) is 0 Å². The Labute approximate surface area is 98.2 Å². The van der Waals surface area contributed by atoms with Gasteiger partial charge in [-0.3, -0.25) is 0 Å². The SMILES string of the molecule is CC(C)(C)c1ccccc1NCC1(N)CC1. The standard InChI is InChI=1S/C14H22N2/c1-13(2,3)11-6-4-5-7-12(11)16-10-14(15)8-9-14/h4-7,16H,8-10,15H2,1-3H3. The van der Waals surface area contributed by atoms with E-state index in [1.54, 1.807) is 0 Å². The van der Waals surface area contributed by atoms with E-state index in [0.717, 1.165) is 19.4 Å². The zero-order valence-electron chi connectivity index (χ0n) is 10.5. The average Bonchev–Trinajstić information content (AvgIpc) is 2.94. The van der Waals surface area contributed by atoms with E-state index in [1.165, 1.54) is 11.3 Å². The zero-order chi connectivity index (χ0) is 11.8. The topological polar surface area (TPSA) is 38.0 Å². The maximum atomic E-state index is 6.09. The molecule has 0 heterocycles. The first-order valence-electron chi connectivity index (χ1n) is 6.03. The molecule has 3 N–H and O–H groups in total. The van der Waals surface area contributed by atoms with Crippen molar-refractivity contribution >= 4 is 5.69 Å². The van der Waals surface area contributed by atoms with Crippen LogP contribution in [-0.2, 0) is 5.41 Å². The van der Waals surface area contributed by atoms with Crippen molar-refractivity contribution < 1.29 is 0 Å². The van der Waals surface area contributed by atoms with E-state index in [1.807, 2.05) is 0 Å². The second-order valence-electron chi connectivity index (χ2n) is 6.01. The molecule has 0 atom stereocenters. The van der Waals surface area contributed by atoms with Gasteiger partial charge in [-0.05, 0) is 29.9 Å². The molecule has 0 radical (unpaired) electrons. The fraction of sp³-hybridized carbons (Fsp3) is 0.571. The van der Waals surface area contributed by atoms with E-state index in [9.17, 15) is 0 Å². The summed E-state index contributed by atoms with van der Waals surface area (Å²) in [6, 6.07) is 8.51. The van der Waals surface area contributed by atoms with Crippen molar-refractivity contribution in [2.24, 2.45) is 5.73 Å². The predicted octanol–water partition coefficient (Wildman–Crippen LogP) is 2.89. The van der Waals surface area contributed by atoms with Crippen LogP contribution in [0.15, 0.2) is 24.3 Å². The molecule has 0 bridgehead atoms. The van der Waals surface area contributed by atoms with Gasteiger partial charge in [0.05, 0.1) is 0 Å². The number of rotatable bonds is 3. The molecule has 2 heteroatoms. The number of anilines is 1. The van der Waals surface area contributed by atoms with Gasteiger partial charge in [-0.25, -0.2) is 0 Å². The number of benzene rings is 1. The maximum Gasteiger partial charge on any atom is 0.0378 e. The molecular formula is C14H22N2. The highest BCUT2D eigenvalue weighted by atomic mass is 15.0. The van der Waals surface area contributed by atoms with Crippen LogP contribution in [0.3, 0.4) is 0 Å². The third-order valence-electron chi connectivity index (χ3n) is 3.26. The van der Waals surface area contributed by atoms with Crippen molar-refractivity contribution in [2.75, 3.05) is 11.9 Å². The zero-order valence-corrected chi connectivity index (χ0v) is 10.5. The Morgan fingerprint density at radius 1 is 1.25 bits per heavy atom. The molecule has 16 heavy (non-hydrogen) atoms. The number of nitrogens with two attached hydrogens (primary N) is 1. The van der Waals surface area contributed by atoms with Crippen LogP contribution in [0, 0.1) is 0 Å². The molecule has 1 fully saturated rings. The highest BCUT2D eigenvalue weighted by molar-refractivity contribution is 5.54. The van der Waals surface area contributed by atoms with Crippen molar-refractivity contribution in [1.29, 1.82) is 0 Å². The number of hydrogen-bond donors (Lipinski definition) is 2. The third kappa shape index (κ3) is 2.56. The molecule has 0 saturated heterocycles. The Morgan fingerprint density at radius 3 is 2.44 bits per heavy atom. The van der Waals surface area contributed by atoms with Crippen molar-refractivity contribution in [3.05, 3.63) is 29.8 Å². The molecular weight excluding hydrogens is 196 g/mol. The summed E-state index contributed by atoms with van der Waals surface area (Å²) in [4.78, 5) is 0. The highest BCUT2D eigenvalue weighted by Gasteiger charge is 2.37. The van der Waals surface area contributed by atoms with Gasteiger partial charge in [-0.2, -0.15) is 0 Å². The van der Waals surface area contributed by atoms with Crippen LogP contribution in [0.2, 0.25) is 0 Å². The summed E-state index contributed by atoms with van der Waals surface area (Å²) < 4.78 is 0. The second kappa shape index (κ2) is 3.77. The number of hydrogen-bond acceptors (Lipinski definition) is 2. The van der Waals surface area contributed by atoms with Crippen molar-refractivity contribution in [3.63, 3.8) is 0 Å². The summed E-state index contributed by atoms with van der Waals surface area (Å²) >= 11 is 0. The minimum atomic E-state index is 0.0605. The van der Waals surface area contributed by atoms with E-state index in [2.05, 4.69) is 50.4 Å². The average molecular weight is 218 g/mol. The van der Waals surface area contributed by atoms with Crippen LogP contribution >= 0.6 is 0 Å². The van der Waals surface area contributed by atoms with Gasteiger partial charge >= 0.3 is 0 Å². The normalized spacial score (nSPS) is 18.2. The van der Waals surface area contributed by atoms with Gasteiger partial charge < -0.3 is 11.1 Å². The van der Waals surface area contributed by atoms with Crippen LogP contribution in [0.5, 0.6) is 0 Å². The van der Waals surface area contributed by atoms with E-state index in [4.69, 9.17) is 5.73 Å². The van der Waals surface area contributed by atoms with Crippen molar-refractivity contribution in [2.45, 2.75) is 44.6 Å². The summed E-state index contributed by atoms with van der Waals surface area (Å²) in [5.74, 6) is 0. The van der Waals surface area contributed by atoms with Gasteiger partial charge in [0, 0.05) is 17.8 Å². The molecule has 1 aliphatic rings. The monoisotopic (exact) mass is 218 g/mol. The molecule has 0 aromatic heterocycles. The van der Waals surface area contributed by atoms with Crippen molar-refractivity contribution in [3.8, 4) is 0 Å². The van der Waals surface area contributed by atoms with Gasteiger partial charge in [-0.15, -0.1) is 0 Å². The van der Waals surface area contributed by atoms with E-state index in [-0.39, 0.29) is 11.0 Å². The molecule has 1 aromatic rings. The lowest BCUT2D eigenvalue weighted by molar-refractivity contribution is 0.590. The summed E-state index contributed by atoms with van der Waals surface area (Å²) in [5.41, 5.74) is 8.92. The smallest absolute Gasteiger partial charge is 0.0378 e. The lowest BCUT2D eigenvalue weighted by Gasteiger charge is -2.24. The fourth-order valence-corrected chi connectivity index (χ4v) is 1.90. The Morgan fingerprint density at radius 2 is 1.88 bits per heavy atom. The molecule has 2 nitrogen and oxygen atoms in total. The van der Waals surface area contributed by atoms with Gasteiger partial charge in [0.2, 0.25) is 0 Å². The lowest BCUT2D eigenvalue weighted by Crippen LogP contribution is -2.31. The molecule has 1 aromatic carbocycles. The summed E-state index contributed by atoms with van der Waals surface area (Å²) in [6.45, 7) is 7.61. The first-order valence-corrected chi connectivity index (χ1v) is 6.03. The van der Waals surface area contributed by atoms with Gasteiger partial charge in [-0.1, -0.05) is 39.0 Å². The molecule has 1 saturated carbocycles. The second-order valence-corrected chi connectivity index (χ2v) is 6.01. The summed E-state index contributed by atoms with van der Waals surface area (Å²) in [7, 11) is 0. The summed E-state index contributed by atoms with van der Waals surface area (Å²) in [5, 5.41) is 3.50. The Bertz CT molecular complexity index is 373. The van der Waals surface area contributed by atoms with Crippen molar-refractivity contribution in [1.82, 2.24) is 0 Å². The molecule has 0 spiro atoms. The van der Waals surface area contributed by atoms with Gasteiger partial charge in [0.25, 0.3) is 0 Å². The van der Waals surface area contributed by atoms with E-state index < -0.39 is 0 Å². The first-order chi connectivity index (χ1) is 7.41. The molecule has 88 valence electrons. The lowest BCUT2D eigenvalue weighted by atomic mass is 9.86. The fourth-order valence-electron chi connectivity index (χ4n) is 1.90. The largest absolute Gasteiger partial charge is 0.383 e. The minimum absolute atomic E-state index is 0.0605. The van der Waals surface area contributed by atoms with Crippen LogP contribution < -0.4 is 11.1 Å². The van der Waals surface area contributed by atoms with Gasteiger partial charge in [0.15, 0.2) is 0 Å². The minimum Gasteiger partial charge on any atom is -0.383 e. The number of para-hydroxylation sites is 1. The molecule has 0 amide bonds. The first kappa shape index (κ1) is 11.5. The molecule has 2 rings (SSSR count). The van der Waals surface area contributed by atoms with Crippen LogP contribution in [0.4, 0.5) is 5.69 Å². The summed E-state index contributed by atoms with van der Waals surface area (Å²) in [6.07, 6.45) is 2.30. The molecule has 0 aliphatic heterocycles. The third-order valence-corrected chi connectivity index (χ3v) is 3.26. The molecule has 0 unspecified atom stereocenters.